The lowest BCUT2D eigenvalue weighted by Crippen LogP contribution is -1.90. The van der Waals surface area contributed by atoms with Gasteiger partial charge in [0.25, 0.3) is 0 Å². The average molecular weight is 363 g/mol. The van der Waals surface area contributed by atoms with Gasteiger partial charge in [0.2, 0.25) is 0 Å². The van der Waals surface area contributed by atoms with Gasteiger partial charge in [-0.3, -0.25) is 0 Å². The summed E-state index contributed by atoms with van der Waals surface area (Å²) in [4.78, 5) is 0. The van der Waals surface area contributed by atoms with Crippen molar-refractivity contribution in [1.82, 2.24) is 0 Å². The Bertz CT molecular complexity index is 793. The van der Waals surface area contributed by atoms with E-state index < -0.39 is 0 Å². The predicted molar refractivity (Wildman–Crippen MR) is 102 cm³/mol. The maximum Gasteiger partial charge on any atom is 0.142 e. The lowest BCUT2D eigenvalue weighted by atomic mass is 9.97. The normalized spacial score (nSPS) is 11.7. The van der Waals surface area contributed by atoms with Gasteiger partial charge in [-0.05, 0) is 67.6 Å². The second-order valence-corrected chi connectivity index (χ2v) is 6.30. The molecule has 0 atom stereocenters. The quantitative estimate of drug-likeness (QED) is 0.611. The summed E-state index contributed by atoms with van der Waals surface area (Å²) in [7, 11) is 0. The van der Waals surface area contributed by atoms with Gasteiger partial charge in [0.15, 0.2) is 0 Å². The monoisotopic (exact) mass is 362 g/mol. The van der Waals surface area contributed by atoms with Crippen molar-refractivity contribution >= 4 is 23.2 Å². The Balaban J connectivity index is 2.58. The molecule has 0 heterocycles. The van der Waals surface area contributed by atoms with Crippen LogP contribution in [0.4, 0.5) is 0 Å². The minimum absolute atomic E-state index is 0.0136. The number of halogens is 2. The molecular formula is C20H20Cl2O2. The van der Waals surface area contributed by atoms with Crippen molar-refractivity contribution in [2.45, 2.75) is 26.7 Å². The highest BCUT2D eigenvalue weighted by Crippen LogP contribution is 2.40. The Morgan fingerprint density at radius 1 is 0.833 bits per heavy atom. The molecule has 0 aliphatic carbocycles. The highest BCUT2D eigenvalue weighted by Gasteiger charge is 2.14. The Hall–Kier alpha value is -1.90. The van der Waals surface area contributed by atoms with E-state index in [1.165, 1.54) is 0 Å². The van der Waals surface area contributed by atoms with E-state index in [1.54, 1.807) is 12.1 Å². The molecule has 24 heavy (non-hydrogen) atoms. The van der Waals surface area contributed by atoms with Crippen molar-refractivity contribution in [3.8, 4) is 22.6 Å². The molecule has 2 aromatic rings. The summed E-state index contributed by atoms with van der Waals surface area (Å²) < 4.78 is 0. The molecule has 0 spiro atoms. The summed E-state index contributed by atoms with van der Waals surface area (Å²) in [5.41, 5.74) is 3.01. The van der Waals surface area contributed by atoms with Gasteiger partial charge in [-0.2, -0.15) is 0 Å². The molecule has 2 N–H and O–H groups in total. The zero-order valence-electron chi connectivity index (χ0n) is 13.7. The van der Waals surface area contributed by atoms with Crippen LogP contribution in [0.25, 0.3) is 11.1 Å². The van der Waals surface area contributed by atoms with Crippen molar-refractivity contribution in [2.75, 3.05) is 0 Å². The van der Waals surface area contributed by atoms with Gasteiger partial charge in [-0.1, -0.05) is 47.5 Å². The fraction of sp³-hybridized carbons (Fsp3) is 0.200. The van der Waals surface area contributed by atoms with Crippen LogP contribution in [0.2, 0.25) is 10.0 Å². The second-order valence-electron chi connectivity index (χ2n) is 5.49. The Labute approximate surface area is 152 Å². The van der Waals surface area contributed by atoms with Crippen molar-refractivity contribution in [2.24, 2.45) is 0 Å². The van der Waals surface area contributed by atoms with Crippen molar-refractivity contribution in [3.05, 3.63) is 69.7 Å². The molecule has 0 aliphatic rings. The summed E-state index contributed by atoms with van der Waals surface area (Å²) in [6.07, 6.45) is 9.11. The first-order chi connectivity index (χ1) is 11.5. The summed E-state index contributed by atoms with van der Waals surface area (Å²) in [6, 6.07) is 7.11. The molecule has 0 aliphatic heterocycles. The third kappa shape index (κ3) is 4.14. The Morgan fingerprint density at radius 2 is 1.46 bits per heavy atom. The summed E-state index contributed by atoms with van der Waals surface area (Å²) in [5.74, 6) is 0.0776. The third-order valence-electron chi connectivity index (χ3n) is 3.74. The van der Waals surface area contributed by atoms with Gasteiger partial charge in [0.05, 0.1) is 10.0 Å². The first kappa shape index (κ1) is 18.4. The van der Waals surface area contributed by atoms with Gasteiger partial charge in [0, 0.05) is 5.56 Å². The van der Waals surface area contributed by atoms with E-state index in [2.05, 4.69) is 0 Å². The molecule has 0 bridgehead atoms. The smallest absolute Gasteiger partial charge is 0.142 e. The van der Waals surface area contributed by atoms with Crippen LogP contribution >= 0.6 is 23.2 Å². The summed E-state index contributed by atoms with van der Waals surface area (Å²) in [5, 5.41) is 21.0. The number of hydrogen-bond donors (Lipinski definition) is 2. The molecule has 0 saturated heterocycles. The van der Waals surface area contributed by atoms with Crippen LogP contribution in [-0.2, 0) is 12.8 Å². The molecule has 4 heteroatoms. The van der Waals surface area contributed by atoms with Crippen molar-refractivity contribution in [3.63, 3.8) is 0 Å². The van der Waals surface area contributed by atoms with Crippen LogP contribution in [0, 0.1) is 0 Å². The van der Waals surface area contributed by atoms with Crippen LogP contribution in [0.3, 0.4) is 0 Å². The number of rotatable bonds is 5. The van der Waals surface area contributed by atoms with E-state index in [-0.39, 0.29) is 16.5 Å². The largest absolute Gasteiger partial charge is 0.506 e. The van der Waals surface area contributed by atoms with Gasteiger partial charge in [-0.25, -0.2) is 0 Å². The second kappa shape index (κ2) is 8.27. The van der Waals surface area contributed by atoms with Crippen LogP contribution in [0.5, 0.6) is 11.5 Å². The molecule has 2 nitrogen and oxygen atoms in total. The number of allylic oxidation sites excluding steroid dienone is 4. The van der Waals surface area contributed by atoms with Crippen LogP contribution in [0.15, 0.2) is 48.6 Å². The summed E-state index contributed by atoms with van der Waals surface area (Å²) >= 11 is 12.3. The van der Waals surface area contributed by atoms with Gasteiger partial charge in [-0.15, -0.1) is 0 Å². The lowest BCUT2D eigenvalue weighted by Gasteiger charge is -2.13. The van der Waals surface area contributed by atoms with E-state index in [0.29, 0.717) is 22.6 Å². The molecule has 0 amide bonds. The number of phenols is 2. The van der Waals surface area contributed by atoms with E-state index in [1.807, 2.05) is 50.3 Å². The molecule has 0 fully saturated rings. The van der Waals surface area contributed by atoms with Crippen LogP contribution in [-0.4, -0.2) is 10.2 Å². The van der Waals surface area contributed by atoms with E-state index in [9.17, 15) is 10.2 Å². The molecular weight excluding hydrogens is 343 g/mol. The molecule has 2 rings (SSSR count). The van der Waals surface area contributed by atoms with Crippen LogP contribution in [0.1, 0.15) is 25.0 Å². The minimum Gasteiger partial charge on any atom is -0.506 e. The standard InChI is InChI=1S/C20H20Cl2O2/c1-3-5-7-13-9-16(20(24)17(21)10-13)15-11-14(8-6-4-2)19(23)18(22)12-15/h3-6,9-12,23-24H,7-8H2,1-2H3/b5-3+,6-4+. The molecule has 126 valence electrons. The van der Waals surface area contributed by atoms with Crippen LogP contribution < -0.4 is 0 Å². The summed E-state index contributed by atoms with van der Waals surface area (Å²) in [6.45, 7) is 3.87. The third-order valence-corrected chi connectivity index (χ3v) is 4.32. The van der Waals surface area contributed by atoms with E-state index in [4.69, 9.17) is 23.2 Å². The predicted octanol–water partition coefficient (Wildman–Crippen LogP) is 6.31. The number of aromatic hydroxyl groups is 2. The number of phenolic OH excluding ortho intramolecular Hbond substituents is 2. The Morgan fingerprint density at radius 3 is 2.12 bits per heavy atom. The lowest BCUT2D eigenvalue weighted by molar-refractivity contribution is 0.469. The fourth-order valence-electron chi connectivity index (χ4n) is 2.46. The van der Waals surface area contributed by atoms with E-state index in [0.717, 1.165) is 17.5 Å². The highest BCUT2D eigenvalue weighted by atomic mass is 35.5. The molecule has 0 unspecified atom stereocenters. The van der Waals surface area contributed by atoms with Gasteiger partial charge >= 0.3 is 0 Å². The maximum absolute atomic E-state index is 10.4. The Kier molecular flexibility index (Phi) is 6.36. The maximum atomic E-state index is 10.4. The topological polar surface area (TPSA) is 40.5 Å². The van der Waals surface area contributed by atoms with Gasteiger partial charge < -0.3 is 10.2 Å². The molecule has 2 aromatic carbocycles. The first-order valence-corrected chi connectivity index (χ1v) is 8.49. The van der Waals surface area contributed by atoms with Crippen molar-refractivity contribution in [1.29, 1.82) is 0 Å². The van der Waals surface area contributed by atoms with Crippen molar-refractivity contribution < 1.29 is 10.2 Å². The molecule has 0 saturated carbocycles. The zero-order valence-corrected chi connectivity index (χ0v) is 15.2. The minimum atomic E-state index is 0.0136. The SMILES string of the molecule is C/C=C/Cc1cc(Cl)c(O)c(-c2cc(Cl)c(O)c(C/C=C/C)c2)c1. The van der Waals surface area contributed by atoms with Gasteiger partial charge in [0.1, 0.15) is 11.5 Å². The number of benzene rings is 2. The molecule has 0 radical (unpaired) electrons. The fourth-order valence-corrected chi connectivity index (χ4v) is 2.94. The highest BCUT2D eigenvalue weighted by molar-refractivity contribution is 6.33. The average Bonchev–Trinajstić information content (AvgIpc) is 2.57. The zero-order chi connectivity index (χ0) is 17.7. The van der Waals surface area contributed by atoms with E-state index >= 15 is 0 Å². The molecule has 0 aromatic heterocycles. The first-order valence-electron chi connectivity index (χ1n) is 7.73. The number of hydrogen-bond acceptors (Lipinski definition) is 2.